The summed E-state index contributed by atoms with van der Waals surface area (Å²) in [6, 6.07) is 6.53. The Morgan fingerprint density at radius 2 is 1.83 bits per heavy atom. The van der Waals surface area contributed by atoms with Crippen molar-refractivity contribution in [3.63, 3.8) is 0 Å². The van der Waals surface area contributed by atoms with E-state index in [-0.39, 0.29) is 0 Å². The second kappa shape index (κ2) is 6.55. The van der Waals surface area contributed by atoms with Crippen molar-refractivity contribution in [3.8, 4) is 0 Å². The lowest BCUT2D eigenvalue weighted by molar-refractivity contribution is 0.376. The molecule has 0 radical (unpaired) electrons. The SMILES string of the molecule is CC.Cc1ccc2c(C)nn(CCN(C)C)c2c1. The van der Waals surface area contributed by atoms with Gasteiger partial charge in [0.1, 0.15) is 0 Å². The summed E-state index contributed by atoms with van der Waals surface area (Å²) in [6.07, 6.45) is 0. The minimum atomic E-state index is 0.945. The number of hydrogen-bond acceptors (Lipinski definition) is 2. The first kappa shape index (κ1) is 14.7. The molecule has 0 aliphatic rings. The van der Waals surface area contributed by atoms with Crippen molar-refractivity contribution in [2.45, 2.75) is 34.2 Å². The molecule has 3 heteroatoms. The van der Waals surface area contributed by atoms with E-state index in [1.54, 1.807) is 0 Å². The number of likely N-dealkylation sites (N-methyl/N-ethyl adjacent to an activating group) is 1. The molecular formula is C15H25N3. The van der Waals surface area contributed by atoms with Crippen LogP contribution in [0.1, 0.15) is 25.1 Å². The van der Waals surface area contributed by atoms with Crippen molar-refractivity contribution < 1.29 is 0 Å². The van der Waals surface area contributed by atoms with E-state index >= 15 is 0 Å². The lowest BCUT2D eigenvalue weighted by Gasteiger charge is -2.10. The Bertz CT molecular complexity index is 498. The Balaban J connectivity index is 0.000000771. The quantitative estimate of drug-likeness (QED) is 0.830. The molecule has 100 valence electrons. The van der Waals surface area contributed by atoms with Crippen molar-refractivity contribution >= 4 is 10.9 Å². The number of nitrogens with zero attached hydrogens (tertiary/aromatic N) is 3. The van der Waals surface area contributed by atoms with Gasteiger partial charge >= 0.3 is 0 Å². The fourth-order valence-corrected chi connectivity index (χ4v) is 1.92. The van der Waals surface area contributed by atoms with Crippen LogP contribution in [0.5, 0.6) is 0 Å². The van der Waals surface area contributed by atoms with Gasteiger partial charge in [-0.25, -0.2) is 0 Å². The van der Waals surface area contributed by atoms with Gasteiger partial charge in [-0.3, -0.25) is 4.68 Å². The molecule has 1 heterocycles. The highest BCUT2D eigenvalue weighted by molar-refractivity contribution is 5.82. The Morgan fingerprint density at radius 1 is 1.17 bits per heavy atom. The fourth-order valence-electron chi connectivity index (χ4n) is 1.92. The van der Waals surface area contributed by atoms with Gasteiger partial charge < -0.3 is 4.90 Å². The summed E-state index contributed by atoms with van der Waals surface area (Å²) in [5.41, 5.74) is 3.66. The van der Waals surface area contributed by atoms with E-state index in [0.717, 1.165) is 18.8 Å². The average molecular weight is 247 g/mol. The normalized spacial score (nSPS) is 10.6. The van der Waals surface area contributed by atoms with E-state index in [2.05, 4.69) is 60.8 Å². The predicted octanol–water partition coefficient (Wildman–Crippen LogP) is 3.24. The van der Waals surface area contributed by atoms with E-state index < -0.39 is 0 Å². The van der Waals surface area contributed by atoms with Gasteiger partial charge in [0, 0.05) is 11.9 Å². The fraction of sp³-hybridized carbons (Fsp3) is 0.533. The summed E-state index contributed by atoms with van der Waals surface area (Å²) in [5, 5.41) is 5.86. The van der Waals surface area contributed by atoms with Crippen LogP contribution >= 0.6 is 0 Å². The molecule has 0 atom stereocenters. The third kappa shape index (κ3) is 3.33. The maximum atomic E-state index is 4.59. The Kier molecular flexibility index (Phi) is 5.35. The topological polar surface area (TPSA) is 21.1 Å². The summed E-state index contributed by atoms with van der Waals surface area (Å²) in [6.45, 7) is 10.2. The monoisotopic (exact) mass is 247 g/mol. The van der Waals surface area contributed by atoms with Crippen LogP contribution in [-0.2, 0) is 6.54 Å². The van der Waals surface area contributed by atoms with Gasteiger partial charge in [0.25, 0.3) is 0 Å². The molecule has 0 aliphatic carbocycles. The third-order valence-electron chi connectivity index (χ3n) is 2.85. The largest absolute Gasteiger partial charge is 0.308 e. The molecule has 18 heavy (non-hydrogen) atoms. The second-order valence-electron chi connectivity index (χ2n) is 4.63. The smallest absolute Gasteiger partial charge is 0.0688 e. The van der Waals surface area contributed by atoms with Gasteiger partial charge in [-0.05, 0) is 39.6 Å². The zero-order valence-electron chi connectivity index (χ0n) is 12.5. The number of benzene rings is 1. The van der Waals surface area contributed by atoms with Crippen molar-refractivity contribution in [3.05, 3.63) is 29.5 Å². The minimum Gasteiger partial charge on any atom is -0.308 e. The lowest BCUT2D eigenvalue weighted by Crippen LogP contribution is -2.19. The molecule has 1 aromatic heterocycles. The first-order chi connectivity index (χ1) is 8.58. The molecule has 0 spiro atoms. The van der Waals surface area contributed by atoms with Crippen LogP contribution in [0.2, 0.25) is 0 Å². The summed E-state index contributed by atoms with van der Waals surface area (Å²) < 4.78 is 2.11. The van der Waals surface area contributed by atoms with Gasteiger partial charge in [-0.1, -0.05) is 26.0 Å². The first-order valence-electron chi connectivity index (χ1n) is 6.66. The molecule has 1 aromatic carbocycles. The van der Waals surface area contributed by atoms with Gasteiger partial charge in [0.15, 0.2) is 0 Å². The molecule has 0 saturated carbocycles. The number of rotatable bonds is 3. The van der Waals surface area contributed by atoms with E-state index in [0.29, 0.717) is 0 Å². The molecule has 0 fully saturated rings. The van der Waals surface area contributed by atoms with Gasteiger partial charge in [0.05, 0.1) is 17.8 Å². The maximum absolute atomic E-state index is 4.59. The van der Waals surface area contributed by atoms with Crippen LogP contribution in [0, 0.1) is 13.8 Å². The summed E-state index contributed by atoms with van der Waals surface area (Å²) in [7, 11) is 4.17. The average Bonchev–Trinajstić information content (AvgIpc) is 2.66. The second-order valence-corrected chi connectivity index (χ2v) is 4.63. The zero-order valence-corrected chi connectivity index (χ0v) is 12.5. The lowest BCUT2D eigenvalue weighted by atomic mass is 10.1. The molecule has 0 aliphatic heterocycles. The van der Waals surface area contributed by atoms with Gasteiger partial charge in [-0.2, -0.15) is 5.10 Å². The number of fused-ring (bicyclic) bond motifs is 1. The molecular weight excluding hydrogens is 222 g/mol. The molecule has 0 amide bonds. The highest BCUT2D eigenvalue weighted by atomic mass is 15.3. The maximum Gasteiger partial charge on any atom is 0.0688 e. The number of aryl methyl sites for hydroxylation is 2. The van der Waals surface area contributed by atoms with E-state index in [9.17, 15) is 0 Å². The van der Waals surface area contributed by atoms with Gasteiger partial charge in [0.2, 0.25) is 0 Å². The van der Waals surface area contributed by atoms with Crippen molar-refractivity contribution in [2.75, 3.05) is 20.6 Å². The Hall–Kier alpha value is -1.35. The molecule has 2 aromatic rings. The van der Waals surface area contributed by atoms with Crippen molar-refractivity contribution in [1.29, 1.82) is 0 Å². The predicted molar refractivity (Wildman–Crippen MR) is 79.1 cm³/mol. The van der Waals surface area contributed by atoms with Crippen LogP contribution < -0.4 is 0 Å². The van der Waals surface area contributed by atoms with Crippen LogP contribution in [0.15, 0.2) is 18.2 Å². The highest BCUT2D eigenvalue weighted by Gasteiger charge is 2.06. The first-order valence-corrected chi connectivity index (χ1v) is 6.66. The van der Waals surface area contributed by atoms with Crippen molar-refractivity contribution in [1.82, 2.24) is 14.7 Å². The third-order valence-corrected chi connectivity index (χ3v) is 2.85. The molecule has 3 nitrogen and oxygen atoms in total. The summed E-state index contributed by atoms with van der Waals surface area (Å²) >= 11 is 0. The van der Waals surface area contributed by atoms with Crippen LogP contribution in [0.3, 0.4) is 0 Å². The highest BCUT2D eigenvalue weighted by Crippen LogP contribution is 2.19. The molecule has 0 bridgehead atoms. The molecule has 2 rings (SSSR count). The van der Waals surface area contributed by atoms with Crippen LogP contribution in [0.25, 0.3) is 10.9 Å². The zero-order chi connectivity index (χ0) is 13.7. The molecule has 0 unspecified atom stereocenters. The summed E-state index contributed by atoms with van der Waals surface area (Å²) in [5.74, 6) is 0. The summed E-state index contributed by atoms with van der Waals surface area (Å²) in [4.78, 5) is 2.18. The Labute approximate surface area is 110 Å². The minimum absolute atomic E-state index is 0.945. The van der Waals surface area contributed by atoms with Gasteiger partial charge in [-0.15, -0.1) is 0 Å². The molecule has 0 saturated heterocycles. The van der Waals surface area contributed by atoms with Crippen LogP contribution in [-0.4, -0.2) is 35.3 Å². The van der Waals surface area contributed by atoms with E-state index in [4.69, 9.17) is 0 Å². The molecule has 0 N–H and O–H groups in total. The van der Waals surface area contributed by atoms with Crippen LogP contribution in [0.4, 0.5) is 0 Å². The standard InChI is InChI=1S/C13H19N3.C2H6/c1-10-5-6-12-11(2)14-16(13(12)9-10)8-7-15(3)4;1-2/h5-6,9H,7-8H2,1-4H3;1-2H3. The van der Waals surface area contributed by atoms with Crippen molar-refractivity contribution in [2.24, 2.45) is 0 Å². The Morgan fingerprint density at radius 3 is 2.44 bits per heavy atom. The number of hydrogen-bond donors (Lipinski definition) is 0. The van der Waals surface area contributed by atoms with E-state index in [1.165, 1.54) is 16.5 Å². The number of aromatic nitrogens is 2. The van der Waals surface area contributed by atoms with E-state index in [1.807, 2.05) is 13.8 Å².